The summed E-state index contributed by atoms with van der Waals surface area (Å²) in [6, 6.07) is 12.7. The molecule has 0 aliphatic carbocycles. The monoisotopic (exact) mass is 497 g/mol. The van der Waals surface area contributed by atoms with Crippen molar-refractivity contribution in [2.75, 3.05) is 46.4 Å². The molecular formula is C24H33ClFN3O3S. The van der Waals surface area contributed by atoms with Gasteiger partial charge in [-0.3, -0.25) is 9.80 Å². The van der Waals surface area contributed by atoms with Gasteiger partial charge in [0.05, 0.1) is 12.0 Å². The van der Waals surface area contributed by atoms with Gasteiger partial charge in [-0.1, -0.05) is 18.2 Å². The lowest BCUT2D eigenvalue weighted by Gasteiger charge is -2.42. The van der Waals surface area contributed by atoms with Crippen LogP contribution < -0.4 is 4.74 Å². The van der Waals surface area contributed by atoms with E-state index >= 15 is 0 Å². The first-order valence-electron chi connectivity index (χ1n) is 11.2. The van der Waals surface area contributed by atoms with Gasteiger partial charge in [-0.15, -0.1) is 12.4 Å². The minimum absolute atomic E-state index is 0. The number of piperidine rings is 1. The Morgan fingerprint density at radius 1 is 0.970 bits per heavy atom. The van der Waals surface area contributed by atoms with Crippen molar-refractivity contribution in [1.29, 1.82) is 0 Å². The molecule has 0 atom stereocenters. The van der Waals surface area contributed by atoms with E-state index in [1.54, 1.807) is 14.0 Å². The van der Waals surface area contributed by atoms with E-state index in [1.807, 2.05) is 12.1 Å². The topological polar surface area (TPSA) is 53.1 Å². The highest BCUT2D eigenvalue weighted by atomic mass is 35.5. The van der Waals surface area contributed by atoms with E-state index in [0.717, 1.165) is 57.4 Å². The van der Waals surface area contributed by atoms with Crippen molar-refractivity contribution in [3.05, 3.63) is 59.4 Å². The molecule has 6 nitrogen and oxygen atoms in total. The number of likely N-dealkylation sites (tertiary alicyclic amines) is 1. The van der Waals surface area contributed by atoms with Crippen LogP contribution in [0.4, 0.5) is 4.39 Å². The van der Waals surface area contributed by atoms with E-state index in [-0.39, 0.29) is 17.3 Å². The molecular weight excluding hydrogens is 465 g/mol. The van der Waals surface area contributed by atoms with Gasteiger partial charge in [0.1, 0.15) is 11.6 Å². The summed E-state index contributed by atoms with van der Waals surface area (Å²) in [7, 11) is -1.99. The molecule has 0 amide bonds. The molecule has 2 aromatic carbocycles. The first-order chi connectivity index (χ1) is 15.4. The van der Waals surface area contributed by atoms with Crippen LogP contribution in [-0.2, 0) is 16.6 Å². The zero-order chi connectivity index (χ0) is 22.7. The molecule has 0 N–H and O–H groups in total. The number of benzene rings is 2. The molecule has 33 heavy (non-hydrogen) atoms. The van der Waals surface area contributed by atoms with Crippen LogP contribution in [0.15, 0.2) is 47.4 Å². The van der Waals surface area contributed by atoms with Crippen molar-refractivity contribution in [3.8, 4) is 5.75 Å². The molecule has 2 aliphatic heterocycles. The zero-order valence-corrected chi connectivity index (χ0v) is 20.9. The number of nitrogens with zero attached hydrogens (tertiary/aromatic N) is 3. The zero-order valence-electron chi connectivity index (χ0n) is 19.2. The summed E-state index contributed by atoms with van der Waals surface area (Å²) in [5.74, 6) is 0.357. The van der Waals surface area contributed by atoms with E-state index in [4.69, 9.17) is 4.74 Å². The molecule has 2 heterocycles. The van der Waals surface area contributed by atoms with E-state index in [1.165, 1.54) is 22.0 Å². The first-order valence-corrected chi connectivity index (χ1v) is 12.7. The van der Waals surface area contributed by atoms with Gasteiger partial charge in [-0.2, -0.15) is 4.31 Å². The van der Waals surface area contributed by atoms with E-state index in [9.17, 15) is 12.8 Å². The lowest BCUT2D eigenvalue weighted by molar-refractivity contribution is 0.0786. The fourth-order valence-corrected chi connectivity index (χ4v) is 6.39. The van der Waals surface area contributed by atoms with Crippen LogP contribution in [0.2, 0.25) is 0 Å². The summed E-state index contributed by atoms with van der Waals surface area (Å²) in [6.07, 6.45) is 2.18. The number of halogens is 2. The van der Waals surface area contributed by atoms with Gasteiger partial charge in [0.2, 0.25) is 10.0 Å². The Kier molecular flexibility index (Phi) is 8.75. The molecule has 0 aromatic heterocycles. The fraction of sp³-hybridized carbons (Fsp3) is 0.500. The van der Waals surface area contributed by atoms with Crippen LogP contribution >= 0.6 is 12.4 Å². The first kappa shape index (κ1) is 25.9. The normalized spacial score (nSPS) is 19.2. The number of hydrogen-bond acceptors (Lipinski definition) is 5. The van der Waals surface area contributed by atoms with Crippen molar-refractivity contribution in [2.45, 2.75) is 37.2 Å². The largest absolute Gasteiger partial charge is 0.497 e. The van der Waals surface area contributed by atoms with Crippen molar-refractivity contribution >= 4 is 22.4 Å². The van der Waals surface area contributed by atoms with Gasteiger partial charge in [0, 0.05) is 38.8 Å². The van der Waals surface area contributed by atoms with Crippen LogP contribution in [-0.4, -0.2) is 74.9 Å². The standard InChI is InChI=1S/C24H32FN3O3S.ClH/c1-19-3-6-21(25)17-24(19)32(29,30)28-15-13-27(14-16-28)22-9-11-26(12-10-22)18-20-4-7-23(31-2)8-5-20;/h3-8,17,22H,9-16,18H2,1-2H3;1H. The smallest absolute Gasteiger partial charge is 0.243 e. The maximum Gasteiger partial charge on any atom is 0.243 e. The third-order valence-corrected chi connectivity index (χ3v) is 8.72. The average Bonchev–Trinajstić information content (AvgIpc) is 2.81. The van der Waals surface area contributed by atoms with Gasteiger partial charge in [-0.25, -0.2) is 12.8 Å². The molecule has 9 heteroatoms. The molecule has 4 rings (SSSR count). The van der Waals surface area contributed by atoms with Crippen molar-refractivity contribution in [1.82, 2.24) is 14.1 Å². The number of piperazine rings is 1. The van der Waals surface area contributed by atoms with E-state index in [0.29, 0.717) is 24.7 Å². The Bertz CT molecular complexity index is 1020. The van der Waals surface area contributed by atoms with Crippen molar-refractivity contribution in [3.63, 3.8) is 0 Å². The van der Waals surface area contributed by atoms with Gasteiger partial charge < -0.3 is 4.74 Å². The van der Waals surface area contributed by atoms with Crippen molar-refractivity contribution < 1.29 is 17.5 Å². The summed E-state index contributed by atoms with van der Waals surface area (Å²) >= 11 is 0. The Labute approximate surface area is 202 Å². The molecule has 2 saturated heterocycles. The molecule has 0 spiro atoms. The van der Waals surface area contributed by atoms with Gasteiger partial charge >= 0.3 is 0 Å². The number of methoxy groups -OCH3 is 1. The lowest BCUT2D eigenvalue weighted by Crippen LogP contribution is -2.54. The van der Waals surface area contributed by atoms with Gasteiger partial charge in [0.15, 0.2) is 0 Å². The SMILES string of the molecule is COc1ccc(CN2CCC(N3CCN(S(=O)(=O)c4cc(F)ccc4C)CC3)CC2)cc1.Cl. The number of rotatable bonds is 6. The fourth-order valence-electron chi connectivity index (χ4n) is 4.73. The number of aryl methyl sites for hydroxylation is 1. The Morgan fingerprint density at radius 2 is 1.61 bits per heavy atom. The predicted molar refractivity (Wildman–Crippen MR) is 130 cm³/mol. The van der Waals surface area contributed by atoms with Gasteiger partial charge in [-0.05, 0) is 68.2 Å². The van der Waals surface area contributed by atoms with Crippen molar-refractivity contribution in [2.24, 2.45) is 0 Å². The summed E-state index contributed by atoms with van der Waals surface area (Å²) < 4.78 is 46.4. The van der Waals surface area contributed by atoms with Crippen LogP contribution in [0.3, 0.4) is 0 Å². The van der Waals surface area contributed by atoms with Gasteiger partial charge in [0.25, 0.3) is 0 Å². The molecule has 0 bridgehead atoms. The molecule has 0 saturated carbocycles. The summed E-state index contributed by atoms with van der Waals surface area (Å²) in [5.41, 5.74) is 1.87. The molecule has 0 unspecified atom stereocenters. The predicted octanol–water partition coefficient (Wildman–Crippen LogP) is 3.54. The highest BCUT2D eigenvalue weighted by Gasteiger charge is 2.33. The second-order valence-electron chi connectivity index (χ2n) is 8.71. The van der Waals surface area contributed by atoms with E-state index < -0.39 is 15.8 Å². The number of sulfonamides is 1. The summed E-state index contributed by atoms with van der Waals surface area (Å²) in [5, 5.41) is 0. The maximum atomic E-state index is 13.7. The Hall–Kier alpha value is -1.71. The molecule has 2 aliphatic rings. The molecule has 2 aromatic rings. The lowest BCUT2D eigenvalue weighted by atomic mass is 10.0. The minimum atomic E-state index is -3.67. The highest BCUT2D eigenvalue weighted by Crippen LogP contribution is 2.25. The third-order valence-electron chi connectivity index (χ3n) is 6.68. The summed E-state index contributed by atoms with van der Waals surface area (Å²) in [4.78, 5) is 4.98. The van der Waals surface area contributed by atoms with Crippen LogP contribution in [0, 0.1) is 12.7 Å². The van der Waals surface area contributed by atoms with E-state index in [2.05, 4.69) is 21.9 Å². The minimum Gasteiger partial charge on any atom is -0.497 e. The molecule has 2 fully saturated rings. The Balaban J connectivity index is 0.00000306. The van der Waals surface area contributed by atoms with Crippen LogP contribution in [0.25, 0.3) is 0 Å². The Morgan fingerprint density at radius 3 is 2.21 bits per heavy atom. The number of hydrogen-bond donors (Lipinski definition) is 0. The average molecular weight is 498 g/mol. The molecule has 0 radical (unpaired) electrons. The second-order valence-corrected chi connectivity index (χ2v) is 10.6. The quantitative estimate of drug-likeness (QED) is 0.611. The third kappa shape index (κ3) is 6.05. The maximum absolute atomic E-state index is 13.7. The molecule has 182 valence electrons. The highest BCUT2D eigenvalue weighted by molar-refractivity contribution is 7.89. The summed E-state index contributed by atoms with van der Waals surface area (Å²) in [6.45, 7) is 7.07. The van der Waals surface area contributed by atoms with Crippen LogP contribution in [0.1, 0.15) is 24.0 Å². The second kappa shape index (κ2) is 11.1. The van der Waals surface area contributed by atoms with Crippen LogP contribution in [0.5, 0.6) is 5.75 Å². The number of ether oxygens (including phenoxy) is 1.